The Morgan fingerprint density at radius 3 is 2.70 bits per heavy atom. The maximum Gasteiger partial charge on any atom is 0.344 e. The summed E-state index contributed by atoms with van der Waals surface area (Å²) in [5.74, 6) is 0.436. The number of carbonyl (C=O) groups excluding carboxylic acids is 1. The quantitative estimate of drug-likeness (QED) is 0.493. The van der Waals surface area contributed by atoms with Crippen molar-refractivity contribution < 1.29 is 14.3 Å². The van der Waals surface area contributed by atoms with Gasteiger partial charge in [-0.3, -0.25) is 4.79 Å². The molecule has 4 rings (SSSR count). The molecule has 0 radical (unpaired) electrons. The van der Waals surface area contributed by atoms with Gasteiger partial charge in [0.15, 0.2) is 0 Å². The van der Waals surface area contributed by atoms with E-state index < -0.39 is 5.63 Å². The maximum atomic E-state index is 12.6. The lowest BCUT2D eigenvalue weighted by Gasteiger charge is -2.16. The molecule has 1 aliphatic rings. The molecule has 1 fully saturated rings. The van der Waals surface area contributed by atoms with Gasteiger partial charge in [-0.15, -0.1) is 0 Å². The van der Waals surface area contributed by atoms with E-state index in [1.54, 1.807) is 18.2 Å². The van der Waals surface area contributed by atoms with Crippen LogP contribution >= 0.6 is 0 Å². The first-order chi connectivity index (χ1) is 14.5. The van der Waals surface area contributed by atoms with Gasteiger partial charge in [0.1, 0.15) is 11.3 Å². The molecule has 30 heavy (non-hydrogen) atoms. The van der Waals surface area contributed by atoms with Gasteiger partial charge in [0.05, 0.1) is 5.39 Å². The summed E-state index contributed by atoms with van der Waals surface area (Å²) in [5.41, 5.74) is 0.454. The van der Waals surface area contributed by atoms with Crippen molar-refractivity contribution in [2.24, 2.45) is 5.92 Å². The molecule has 3 aromatic rings. The summed E-state index contributed by atoms with van der Waals surface area (Å²) in [6.07, 6.45) is 6.11. The van der Waals surface area contributed by atoms with Crippen LogP contribution in [0.3, 0.4) is 0 Å². The van der Waals surface area contributed by atoms with Crippen molar-refractivity contribution in [1.82, 2.24) is 4.90 Å². The van der Waals surface area contributed by atoms with E-state index in [0.29, 0.717) is 29.0 Å². The van der Waals surface area contributed by atoms with Crippen LogP contribution in [0.1, 0.15) is 38.5 Å². The summed E-state index contributed by atoms with van der Waals surface area (Å²) in [6.45, 7) is 2.22. The molecule has 1 amide bonds. The van der Waals surface area contributed by atoms with E-state index in [1.165, 1.54) is 12.5 Å². The summed E-state index contributed by atoms with van der Waals surface area (Å²) in [4.78, 5) is 27.4. The van der Waals surface area contributed by atoms with E-state index in [-0.39, 0.29) is 11.7 Å². The van der Waals surface area contributed by atoms with E-state index in [9.17, 15) is 14.7 Å². The average Bonchev–Trinajstić information content (AvgIpc) is 2.80. The van der Waals surface area contributed by atoms with Crippen molar-refractivity contribution in [2.75, 3.05) is 25.5 Å². The third kappa shape index (κ3) is 4.65. The Kier molecular flexibility index (Phi) is 6.04. The number of rotatable bonds is 3. The minimum atomic E-state index is -0.486. The number of nitrogens with one attached hydrogen (secondary N) is 1. The van der Waals surface area contributed by atoms with E-state index in [0.717, 1.165) is 49.5 Å². The summed E-state index contributed by atoms with van der Waals surface area (Å²) in [5, 5.41) is 14.5. The first-order valence-corrected chi connectivity index (χ1v) is 10.7. The van der Waals surface area contributed by atoms with Crippen molar-refractivity contribution in [3.05, 3.63) is 46.8 Å². The predicted octanol–water partition coefficient (Wildman–Crippen LogP) is 4.49. The van der Waals surface area contributed by atoms with Crippen LogP contribution in [0.2, 0.25) is 0 Å². The lowest BCUT2D eigenvalue weighted by molar-refractivity contribution is -0.117. The van der Waals surface area contributed by atoms with Crippen molar-refractivity contribution in [3.63, 3.8) is 0 Å². The first-order valence-electron chi connectivity index (χ1n) is 10.7. The van der Waals surface area contributed by atoms with Gasteiger partial charge in [0, 0.05) is 28.9 Å². The monoisotopic (exact) mass is 408 g/mol. The normalized spacial score (nSPS) is 18.6. The Hall–Kier alpha value is -2.86. The topological polar surface area (TPSA) is 82.8 Å². The smallest absolute Gasteiger partial charge is 0.344 e. The second kappa shape index (κ2) is 8.88. The Labute approximate surface area is 175 Å². The molecule has 2 heterocycles. The summed E-state index contributed by atoms with van der Waals surface area (Å²) >= 11 is 0. The highest BCUT2D eigenvalue weighted by Crippen LogP contribution is 2.28. The number of hydrogen-bond donors (Lipinski definition) is 2. The third-order valence-corrected chi connectivity index (χ3v) is 6.01. The maximum absolute atomic E-state index is 12.6. The highest BCUT2D eigenvalue weighted by molar-refractivity contribution is 6.06. The number of anilines is 1. The number of amides is 1. The molecular formula is C24H28N2O4. The molecule has 0 aliphatic carbocycles. The van der Waals surface area contributed by atoms with Crippen LogP contribution in [-0.2, 0) is 4.79 Å². The number of aromatic hydroxyl groups is 1. The van der Waals surface area contributed by atoms with Gasteiger partial charge in [0.2, 0.25) is 5.91 Å². The van der Waals surface area contributed by atoms with Crippen LogP contribution in [0.15, 0.2) is 45.6 Å². The van der Waals surface area contributed by atoms with Crippen molar-refractivity contribution in [1.29, 1.82) is 0 Å². The van der Waals surface area contributed by atoms with Gasteiger partial charge in [-0.2, -0.15) is 0 Å². The van der Waals surface area contributed by atoms with Crippen LogP contribution < -0.4 is 10.9 Å². The number of hydrogen-bond acceptors (Lipinski definition) is 5. The Morgan fingerprint density at radius 1 is 1.07 bits per heavy atom. The molecule has 0 bridgehead atoms. The molecule has 0 spiro atoms. The SMILES string of the molecule is CN1CCCCC(CC(=O)Nc2ccc3c(c2)c(=O)oc2cc(O)ccc23)CCC1. The Morgan fingerprint density at radius 2 is 1.83 bits per heavy atom. The van der Waals surface area contributed by atoms with Crippen LogP contribution in [0.4, 0.5) is 5.69 Å². The fraction of sp³-hybridized carbons (Fsp3) is 0.417. The highest BCUT2D eigenvalue weighted by Gasteiger charge is 2.17. The molecule has 1 aromatic heterocycles. The molecule has 1 aliphatic heterocycles. The Bertz CT molecular complexity index is 1120. The largest absolute Gasteiger partial charge is 0.508 e. The van der Waals surface area contributed by atoms with Gasteiger partial charge in [-0.25, -0.2) is 4.79 Å². The number of benzene rings is 2. The van der Waals surface area contributed by atoms with Crippen LogP contribution in [-0.4, -0.2) is 36.1 Å². The minimum absolute atomic E-state index is 0.0120. The lowest BCUT2D eigenvalue weighted by Crippen LogP contribution is -2.20. The van der Waals surface area contributed by atoms with Crippen molar-refractivity contribution in [2.45, 2.75) is 38.5 Å². The van der Waals surface area contributed by atoms with Crippen LogP contribution in [0, 0.1) is 5.92 Å². The van der Waals surface area contributed by atoms with Gasteiger partial charge >= 0.3 is 5.63 Å². The molecule has 0 saturated carbocycles. The molecule has 158 valence electrons. The lowest BCUT2D eigenvalue weighted by atomic mass is 9.93. The van der Waals surface area contributed by atoms with E-state index in [2.05, 4.69) is 17.3 Å². The van der Waals surface area contributed by atoms with Gasteiger partial charge in [0.25, 0.3) is 0 Å². The first kappa shape index (κ1) is 20.4. The zero-order valence-corrected chi connectivity index (χ0v) is 17.3. The fourth-order valence-corrected chi connectivity index (χ4v) is 4.40. The third-order valence-electron chi connectivity index (χ3n) is 6.01. The Balaban J connectivity index is 1.50. The molecule has 2 aromatic carbocycles. The number of phenols is 1. The highest BCUT2D eigenvalue weighted by atomic mass is 16.4. The molecule has 6 nitrogen and oxygen atoms in total. The van der Waals surface area contributed by atoms with Crippen molar-refractivity contribution >= 4 is 33.3 Å². The average molecular weight is 408 g/mol. The van der Waals surface area contributed by atoms with Gasteiger partial charge in [-0.05, 0) is 76.0 Å². The van der Waals surface area contributed by atoms with Crippen molar-refractivity contribution in [3.8, 4) is 5.75 Å². The van der Waals surface area contributed by atoms with E-state index >= 15 is 0 Å². The van der Waals surface area contributed by atoms with E-state index in [4.69, 9.17) is 4.42 Å². The number of carbonyl (C=O) groups is 1. The fourth-order valence-electron chi connectivity index (χ4n) is 4.40. The van der Waals surface area contributed by atoms with Crippen LogP contribution in [0.5, 0.6) is 5.75 Å². The summed E-state index contributed by atoms with van der Waals surface area (Å²) < 4.78 is 5.35. The van der Waals surface area contributed by atoms with E-state index in [1.807, 2.05) is 12.1 Å². The zero-order valence-electron chi connectivity index (χ0n) is 17.3. The molecule has 1 atom stereocenters. The molecular weight excluding hydrogens is 380 g/mol. The summed E-state index contributed by atoms with van der Waals surface area (Å²) in [6, 6.07) is 10.0. The number of phenolic OH excluding ortho intramolecular Hbond substituents is 1. The minimum Gasteiger partial charge on any atom is -0.508 e. The van der Waals surface area contributed by atoms with Crippen LogP contribution in [0.25, 0.3) is 21.7 Å². The summed E-state index contributed by atoms with van der Waals surface area (Å²) in [7, 11) is 2.16. The van der Waals surface area contributed by atoms with Gasteiger partial charge in [-0.1, -0.05) is 12.5 Å². The molecule has 1 unspecified atom stereocenters. The second-order valence-electron chi connectivity index (χ2n) is 8.39. The number of nitrogens with zero attached hydrogens (tertiary/aromatic N) is 1. The zero-order chi connectivity index (χ0) is 21.1. The van der Waals surface area contributed by atoms with Gasteiger partial charge < -0.3 is 19.7 Å². The molecule has 6 heteroatoms. The molecule has 1 saturated heterocycles. The predicted molar refractivity (Wildman–Crippen MR) is 119 cm³/mol. The molecule has 2 N–H and O–H groups in total. The standard InChI is InChI=1S/C24H28N2O4/c1-26-11-3-2-5-16(6-4-12-26)13-23(28)25-17-7-9-19-20-10-8-18(27)15-22(20)30-24(29)21(19)14-17/h7-10,14-16,27H,2-6,11-13H2,1H3,(H,25,28). The number of fused-ring (bicyclic) bond motifs is 3. The second-order valence-corrected chi connectivity index (χ2v) is 8.39.